The SMILES string of the molecule is Cc1nc(CNc2cc([N+](=O)[O-])c(C)cc2C)cs1. The molecule has 2 aromatic rings. The van der Waals surface area contributed by atoms with Gasteiger partial charge >= 0.3 is 0 Å². The van der Waals surface area contributed by atoms with Crippen molar-refractivity contribution in [1.29, 1.82) is 0 Å². The first-order chi connectivity index (χ1) is 8.97. The summed E-state index contributed by atoms with van der Waals surface area (Å²) in [6, 6.07) is 3.41. The molecule has 0 fully saturated rings. The molecule has 1 N–H and O–H groups in total. The van der Waals surface area contributed by atoms with E-state index in [-0.39, 0.29) is 10.6 Å². The van der Waals surface area contributed by atoms with Crippen molar-refractivity contribution in [2.24, 2.45) is 0 Å². The lowest BCUT2D eigenvalue weighted by Crippen LogP contribution is -2.03. The number of nitrogens with one attached hydrogen (secondary N) is 1. The molecule has 5 nitrogen and oxygen atoms in total. The second kappa shape index (κ2) is 5.36. The highest BCUT2D eigenvalue weighted by Crippen LogP contribution is 2.26. The third-order valence-electron chi connectivity index (χ3n) is 2.87. The Morgan fingerprint density at radius 3 is 2.63 bits per heavy atom. The van der Waals surface area contributed by atoms with Crippen molar-refractivity contribution in [3.05, 3.63) is 49.5 Å². The zero-order valence-corrected chi connectivity index (χ0v) is 11.9. The summed E-state index contributed by atoms with van der Waals surface area (Å²) in [6.07, 6.45) is 0. The first-order valence-electron chi connectivity index (χ1n) is 5.88. The van der Waals surface area contributed by atoms with Crippen LogP contribution in [0.4, 0.5) is 11.4 Å². The summed E-state index contributed by atoms with van der Waals surface area (Å²) in [5, 5.41) is 17.1. The van der Waals surface area contributed by atoms with Crippen molar-refractivity contribution in [1.82, 2.24) is 4.98 Å². The van der Waals surface area contributed by atoms with Crippen LogP contribution in [0, 0.1) is 30.9 Å². The Labute approximate surface area is 115 Å². The highest BCUT2D eigenvalue weighted by atomic mass is 32.1. The van der Waals surface area contributed by atoms with Crippen LogP contribution in [0.5, 0.6) is 0 Å². The van der Waals surface area contributed by atoms with Crippen LogP contribution in [0.15, 0.2) is 17.5 Å². The van der Waals surface area contributed by atoms with Gasteiger partial charge in [-0.3, -0.25) is 10.1 Å². The topological polar surface area (TPSA) is 68.1 Å². The van der Waals surface area contributed by atoms with Crippen LogP contribution in [0.1, 0.15) is 21.8 Å². The molecule has 0 radical (unpaired) electrons. The van der Waals surface area contributed by atoms with Crippen molar-refractivity contribution < 1.29 is 4.92 Å². The number of nitro benzene ring substituents is 1. The van der Waals surface area contributed by atoms with Gasteiger partial charge in [-0.25, -0.2) is 4.98 Å². The van der Waals surface area contributed by atoms with Crippen molar-refractivity contribution in [3.8, 4) is 0 Å². The zero-order chi connectivity index (χ0) is 14.0. The van der Waals surface area contributed by atoms with E-state index in [2.05, 4.69) is 10.3 Å². The lowest BCUT2D eigenvalue weighted by atomic mass is 10.1. The Kier molecular flexibility index (Phi) is 3.80. The largest absolute Gasteiger partial charge is 0.379 e. The number of rotatable bonds is 4. The summed E-state index contributed by atoms with van der Waals surface area (Å²) >= 11 is 1.59. The fourth-order valence-electron chi connectivity index (χ4n) is 1.90. The predicted molar refractivity (Wildman–Crippen MR) is 76.7 cm³/mol. The van der Waals surface area contributed by atoms with Crippen molar-refractivity contribution in [2.75, 3.05) is 5.32 Å². The Hall–Kier alpha value is -1.95. The maximum Gasteiger partial charge on any atom is 0.274 e. The lowest BCUT2D eigenvalue weighted by molar-refractivity contribution is -0.385. The average molecular weight is 277 g/mol. The molecular formula is C13H15N3O2S. The van der Waals surface area contributed by atoms with Crippen LogP contribution in [0.3, 0.4) is 0 Å². The molecule has 0 aliphatic carbocycles. The fourth-order valence-corrected chi connectivity index (χ4v) is 2.52. The fraction of sp³-hybridized carbons (Fsp3) is 0.308. The van der Waals surface area contributed by atoms with Gasteiger partial charge in [0.2, 0.25) is 0 Å². The third kappa shape index (κ3) is 3.08. The number of aryl methyl sites for hydroxylation is 3. The van der Waals surface area contributed by atoms with Gasteiger partial charge in [-0.05, 0) is 32.4 Å². The quantitative estimate of drug-likeness (QED) is 0.685. The molecule has 0 saturated heterocycles. The number of benzene rings is 1. The van der Waals surface area contributed by atoms with E-state index in [9.17, 15) is 10.1 Å². The van der Waals surface area contributed by atoms with E-state index in [4.69, 9.17) is 0 Å². The van der Waals surface area contributed by atoms with Gasteiger partial charge in [0, 0.05) is 22.7 Å². The molecule has 100 valence electrons. The first kappa shape index (κ1) is 13.5. The van der Waals surface area contributed by atoms with Gasteiger partial charge in [-0.15, -0.1) is 11.3 Å². The monoisotopic (exact) mass is 277 g/mol. The molecule has 0 amide bonds. The number of hydrogen-bond acceptors (Lipinski definition) is 5. The van der Waals surface area contributed by atoms with Crippen LogP contribution in [-0.4, -0.2) is 9.91 Å². The molecule has 0 spiro atoms. The van der Waals surface area contributed by atoms with Gasteiger partial charge in [0.15, 0.2) is 0 Å². The van der Waals surface area contributed by atoms with Crippen LogP contribution < -0.4 is 5.32 Å². The highest BCUT2D eigenvalue weighted by Gasteiger charge is 2.13. The van der Waals surface area contributed by atoms with Crippen molar-refractivity contribution >= 4 is 22.7 Å². The van der Waals surface area contributed by atoms with E-state index in [1.54, 1.807) is 24.3 Å². The molecule has 1 heterocycles. The molecule has 19 heavy (non-hydrogen) atoms. The van der Waals surface area contributed by atoms with Gasteiger partial charge in [-0.2, -0.15) is 0 Å². The summed E-state index contributed by atoms with van der Waals surface area (Å²) in [5.41, 5.74) is 3.54. The molecular weight excluding hydrogens is 262 g/mol. The number of thiazole rings is 1. The van der Waals surface area contributed by atoms with Crippen LogP contribution >= 0.6 is 11.3 Å². The second-order valence-corrected chi connectivity index (χ2v) is 5.48. The smallest absolute Gasteiger partial charge is 0.274 e. The minimum absolute atomic E-state index is 0.141. The van der Waals surface area contributed by atoms with Gasteiger partial charge in [0.25, 0.3) is 5.69 Å². The maximum atomic E-state index is 10.9. The van der Waals surface area contributed by atoms with Crippen LogP contribution in [0.2, 0.25) is 0 Å². The Morgan fingerprint density at radius 2 is 2.05 bits per heavy atom. The number of aromatic nitrogens is 1. The summed E-state index contributed by atoms with van der Waals surface area (Å²) in [5.74, 6) is 0. The normalized spacial score (nSPS) is 10.5. The van der Waals surface area contributed by atoms with E-state index in [0.717, 1.165) is 22.0 Å². The summed E-state index contributed by atoms with van der Waals surface area (Å²) in [6.45, 7) is 6.21. The molecule has 1 aromatic heterocycles. The summed E-state index contributed by atoms with van der Waals surface area (Å²) in [7, 11) is 0. The molecule has 0 aliphatic heterocycles. The molecule has 0 saturated carbocycles. The molecule has 6 heteroatoms. The molecule has 1 aromatic carbocycles. The Bertz CT molecular complexity index is 622. The van der Waals surface area contributed by atoms with Crippen LogP contribution in [0.25, 0.3) is 0 Å². The van der Waals surface area contributed by atoms with E-state index in [1.807, 2.05) is 25.3 Å². The highest BCUT2D eigenvalue weighted by molar-refractivity contribution is 7.09. The van der Waals surface area contributed by atoms with Gasteiger partial charge in [-0.1, -0.05) is 0 Å². The van der Waals surface area contributed by atoms with Crippen LogP contribution in [-0.2, 0) is 6.54 Å². The number of nitro groups is 1. The van der Waals surface area contributed by atoms with Gasteiger partial charge in [0.05, 0.1) is 22.2 Å². The third-order valence-corrected chi connectivity index (χ3v) is 3.69. The minimum atomic E-state index is -0.354. The second-order valence-electron chi connectivity index (χ2n) is 4.42. The molecule has 2 rings (SSSR count). The van der Waals surface area contributed by atoms with E-state index in [0.29, 0.717) is 12.1 Å². The van der Waals surface area contributed by atoms with E-state index in [1.165, 1.54) is 0 Å². The zero-order valence-electron chi connectivity index (χ0n) is 11.1. The Morgan fingerprint density at radius 1 is 1.32 bits per heavy atom. The maximum absolute atomic E-state index is 10.9. The first-order valence-corrected chi connectivity index (χ1v) is 6.76. The standard InChI is InChI=1S/C13H15N3O2S/c1-8-4-9(2)13(16(17)18)5-12(8)14-6-11-7-19-10(3)15-11/h4-5,7,14H,6H2,1-3H3. The Balaban J connectivity index is 2.20. The number of hydrogen-bond donors (Lipinski definition) is 1. The number of anilines is 1. The van der Waals surface area contributed by atoms with E-state index >= 15 is 0 Å². The minimum Gasteiger partial charge on any atom is -0.379 e. The number of nitrogens with zero attached hydrogens (tertiary/aromatic N) is 2. The van der Waals surface area contributed by atoms with Gasteiger partial charge in [0.1, 0.15) is 0 Å². The molecule has 0 bridgehead atoms. The summed E-state index contributed by atoms with van der Waals surface area (Å²) < 4.78 is 0. The average Bonchev–Trinajstić information content (AvgIpc) is 2.73. The molecule has 0 unspecified atom stereocenters. The lowest BCUT2D eigenvalue weighted by Gasteiger charge is -2.09. The predicted octanol–water partition coefficient (Wildman–Crippen LogP) is 3.59. The molecule has 0 atom stereocenters. The van der Waals surface area contributed by atoms with E-state index < -0.39 is 0 Å². The van der Waals surface area contributed by atoms with Crippen molar-refractivity contribution in [3.63, 3.8) is 0 Å². The molecule has 0 aliphatic rings. The van der Waals surface area contributed by atoms with Gasteiger partial charge < -0.3 is 5.32 Å². The summed E-state index contributed by atoms with van der Waals surface area (Å²) in [4.78, 5) is 14.9. The van der Waals surface area contributed by atoms with Crippen molar-refractivity contribution in [2.45, 2.75) is 27.3 Å².